The van der Waals surface area contributed by atoms with Crippen LogP contribution in [0.3, 0.4) is 0 Å². The van der Waals surface area contributed by atoms with Gasteiger partial charge in [-0.1, -0.05) is 11.6 Å². The number of alkyl halides is 2. The highest BCUT2D eigenvalue weighted by atomic mass is 127. The number of rotatable bonds is 2. The van der Waals surface area contributed by atoms with Gasteiger partial charge in [-0.05, 0) is 28.7 Å². The Bertz CT molecular complexity index is 357. The van der Waals surface area contributed by atoms with Gasteiger partial charge >= 0.3 is 0 Å². The first-order chi connectivity index (χ1) is 6.49. The summed E-state index contributed by atoms with van der Waals surface area (Å²) in [5.41, 5.74) is -0.532. The third-order valence-corrected chi connectivity index (χ3v) is 3.32. The van der Waals surface area contributed by atoms with E-state index in [1.165, 1.54) is 7.11 Å². The summed E-state index contributed by atoms with van der Waals surface area (Å²) < 4.78 is 42.6. The number of halogens is 5. The fourth-order valence-electron chi connectivity index (χ4n) is 0.966. The minimum atomic E-state index is -2.81. The Labute approximate surface area is 97.3 Å². The maximum Gasteiger partial charge on any atom is 0.267 e. The van der Waals surface area contributed by atoms with Gasteiger partial charge in [0.15, 0.2) is 0 Å². The molecular weight excluding hydrogens is 331 g/mol. The molecule has 1 nitrogen and oxygen atoms in total. The molecule has 78 valence electrons. The molecule has 0 aromatic heterocycles. The van der Waals surface area contributed by atoms with E-state index < -0.39 is 17.8 Å². The normalized spacial score (nSPS) is 10.8. The molecule has 0 saturated heterocycles. The van der Waals surface area contributed by atoms with E-state index in [0.29, 0.717) is 0 Å². The van der Waals surface area contributed by atoms with Crippen molar-refractivity contribution in [3.8, 4) is 5.75 Å². The maximum absolute atomic E-state index is 13.0. The molecule has 0 fully saturated rings. The molecule has 0 radical (unpaired) electrons. The quantitative estimate of drug-likeness (QED) is 0.585. The summed E-state index contributed by atoms with van der Waals surface area (Å²) in [7, 11) is 1.21. The summed E-state index contributed by atoms with van der Waals surface area (Å²) in [6, 6.07) is 0.733. The lowest BCUT2D eigenvalue weighted by atomic mass is 10.2. The molecule has 0 atom stereocenters. The van der Waals surface area contributed by atoms with E-state index in [1.54, 1.807) is 22.6 Å². The van der Waals surface area contributed by atoms with Crippen LogP contribution in [0.1, 0.15) is 12.0 Å². The van der Waals surface area contributed by atoms with Gasteiger partial charge in [0.1, 0.15) is 11.6 Å². The van der Waals surface area contributed by atoms with E-state index in [0.717, 1.165) is 6.07 Å². The molecule has 0 unspecified atom stereocenters. The standard InChI is InChI=1S/C8H5ClF3IO/c1-14-7-3(8(11)12)2-4(10)6(13)5(7)9/h2,8H,1H3. The first-order valence-corrected chi connectivity index (χ1v) is 4.94. The van der Waals surface area contributed by atoms with Crippen molar-refractivity contribution in [1.82, 2.24) is 0 Å². The van der Waals surface area contributed by atoms with Crippen molar-refractivity contribution >= 4 is 34.2 Å². The van der Waals surface area contributed by atoms with Crippen molar-refractivity contribution < 1.29 is 17.9 Å². The van der Waals surface area contributed by atoms with Crippen molar-refractivity contribution in [3.05, 3.63) is 26.0 Å². The Morgan fingerprint density at radius 3 is 2.50 bits per heavy atom. The largest absolute Gasteiger partial charge is 0.495 e. The summed E-state index contributed by atoms with van der Waals surface area (Å²) in [5, 5.41) is -0.122. The van der Waals surface area contributed by atoms with Crippen LogP contribution in [-0.4, -0.2) is 7.11 Å². The number of benzene rings is 1. The molecule has 0 aliphatic carbocycles. The molecule has 0 aliphatic heterocycles. The van der Waals surface area contributed by atoms with Gasteiger partial charge in [0.05, 0.1) is 21.3 Å². The lowest BCUT2D eigenvalue weighted by Crippen LogP contribution is -1.97. The topological polar surface area (TPSA) is 9.23 Å². The molecule has 0 amide bonds. The molecule has 14 heavy (non-hydrogen) atoms. The highest BCUT2D eigenvalue weighted by molar-refractivity contribution is 14.1. The highest BCUT2D eigenvalue weighted by Crippen LogP contribution is 2.39. The molecule has 0 heterocycles. The van der Waals surface area contributed by atoms with Crippen LogP contribution in [0.25, 0.3) is 0 Å². The van der Waals surface area contributed by atoms with Crippen LogP contribution >= 0.6 is 34.2 Å². The molecule has 1 rings (SSSR count). The molecule has 0 spiro atoms. The molecule has 6 heteroatoms. The Hall–Kier alpha value is -0.170. The van der Waals surface area contributed by atoms with Gasteiger partial charge in [-0.25, -0.2) is 13.2 Å². The van der Waals surface area contributed by atoms with E-state index >= 15 is 0 Å². The third-order valence-electron chi connectivity index (χ3n) is 1.59. The first kappa shape index (κ1) is 11.9. The predicted octanol–water partition coefficient (Wildman–Crippen LogP) is 4.03. The van der Waals surface area contributed by atoms with Crippen molar-refractivity contribution in [3.63, 3.8) is 0 Å². The molecule has 0 N–H and O–H groups in total. The van der Waals surface area contributed by atoms with Crippen molar-refractivity contribution in [1.29, 1.82) is 0 Å². The monoisotopic (exact) mass is 336 g/mol. The van der Waals surface area contributed by atoms with E-state index in [4.69, 9.17) is 11.6 Å². The van der Waals surface area contributed by atoms with Crippen molar-refractivity contribution in [2.24, 2.45) is 0 Å². The first-order valence-electron chi connectivity index (χ1n) is 3.48. The van der Waals surface area contributed by atoms with Gasteiger partial charge in [-0.3, -0.25) is 0 Å². The second kappa shape index (κ2) is 4.57. The minimum Gasteiger partial charge on any atom is -0.495 e. The fourth-order valence-corrected chi connectivity index (χ4v) is 1.64. The molecular formula is C8H5ClF3IO. The van der Waals surface area contributed by atoms with Gasteiger partial charge < -0.3 is 4.74 Å². The number of hydrogen-bond donors (Lipinski definition) is 0. The fraction of sp³-hybridized carbons (Fsp3) is 0.250. The second-order valence-corrected chi connectivity index (χ2v) is 3.87. The zero-order valence-electron chi connectivity index (χ0n) is 6.95. The van der Waals surface area contributed by atoms with Gasteiger partial charge in [0.25, 0.3) is 6.43 Å². The van der Waals surface area contributed by atoms with E-state index in [-0.39, 0.29) is 14.3 Å². The lowest BCUT2D eigenvalue weighted by molar-refractivity contribution is 0.146. The summed E-state index contributed by atoms with van der Waals surface area (Å²) in [5.74, 6) is -0.945. The van der Waals surface area contributed by atoms with Crippen LogP contribution in [0.2, 0.25) is 5.02 Å². The van der Waals surface area contributed by atoms with Crippen LogP contribution in [-0.2, 0) is 0 Å². The predicted molar refractivity (Wildman–Crippen MR) is 55.6 cm³/mol. The smallest absolute Gasteiger partial charge is 0.267 e. The number of methoxy groups -OCH3 is 1. The summed E-state index contributed by atoms with van der Waals surface area (Å²) in [6.45, 7) is 0. The highest BCUT2D eigenvalue weighted by Gasteiger charge is 2.21. The van der Waals surface area contributed by atoms with Gasteiger partial charge in [0, 0.05) is 0 Å². The van der Waals surface area contributed by atoms with Crippen LogP contribution in [0.15, 0.2) is 6.07 Å². The van der Waals surface area contributed by atoms with E-state index in [2.05, 4.69) is 4.74 Å². The average Bonchev–Trinajstić information content (AvgIpc) is 2.13. The van der Waals surface area contributed by atoms with Gasteiger partial charge in [-0.15, -0.1) is 0 Å². The third kappa shape index (κ3) is 2.08. The Kier molecular flexibility index (Phi) is 3.88. The minimum absolute atomic E-state index is 0.0746. The second-order valence-electron chi connectivity index (χ2n) is 2.41. The summed E-state index contributed by atoms with van der Waals surface area (Å²) in [6.07, 6.45) is -2.81. The lowest BCUT2D eigenvalue weighted by Gasteiger charge is -2.11. The Morgan fingerprint density at radius 1 is 1.50 bits per heavy atom. The zero-order chi connectivity index (χ0) is 10.9. The molecule has 0 aliphatic rings. The summed E-state index contributed by atoms with van der Waals surface area (Å²) in [4.78, 5) is 0. The SMILES string of the molecule is COc1c(C(F)F)cc(F)c(I)c1Cl. The van der Waals surface area contributed by atoms with E-state index in [1.807, 2.05) is 0 Å². The molecule has 1 aromatic carbocycles. The van der Waals surface area contributed by atoms with Crippen molar-refractivity contribution in [2.75, 3.05) is 7.11 Å². The van der Waals surface area contributed by atoms with Crippen LogP contribution in [0, 0.1) is 9.39 Å². The average molecular weight is 336 g/mol. The van der Waals surface area contributed by atoms with E-state index in [9.17, 15) is 13.2 Å². The maximum atomic E-state index is 13.0. The summed E-state index contributed by atoms with van der Waals surface area (Å²) >= 11 is 7.27. The molecule has 0 saturated carbocycles. The molecule has 0 bridgehead atoms. The van der Waals surface area contributed by atoms with Gasteiger partial charge in [0.2, 0.25) is 0 Å². The van der Waals surface area contributed by atoms with Crippen LogP contribution < -0.4 is 4.74 Å². The van der Waals surface area contributed by atoms with Crippen LogP contribution in [0.5, 0.6) is 5.75 Å². The zero-order valence-corrected chi connectivity index (χ0v) is 9.87. The van der Waals surface area contributed by atoms with Crippen LogP contribution in [0.4, 0.5) is 13.2 Å². The van der Waals surface area contributed by atoms with Crippen molar-refractivity contribution in [2.45, 2.75) is 6.43 Å². The number of hydrogen-bond acceptors (Lipinski definition) is 1. The molecule has 1 aromatic rings. The number of ether oxygens (including phenoxy) is 1. The Balaban J connectivity index is 3.43. The van der Waals surface area contributed by atoms with Gasteiger partial charge in [-0.2, -0.15) is 0 Å². The Morgan fingerprint density at radius 2 is 2.07 bits per heavy atom.